The summed E-state index contributed by atoms with van der Waals surface area (Å²) in [5.74, 6) is 0.567. The summed E-state index contributed by atoms with van der Waals surface area (Å²) in [6.07, 6.45) is 7.22. The van der Waals surface area contributed by atoms with Crippen LogP contribution in [0.4, 0.5) is 17.3 Å². The van der Waals surface area contributed by atoms with Crippen LogP contribution in [0.2, 0.25) is 0 Å². The van der Waals surface area contributed by atoms with Crippen molar-refractivity contribution in [2.24, 2.45) is 0 Å². The smallest absolute Gasteiger partial charge is 0.314 e. The number of hydrogen-bond donors (Lipinski definition) is 2. The number of pyridine rings is 2. The number of anilines is 3. The van der Waals surface area contributed by atoms with Crippen LogP contribution in [-0.2, 0) is 14.9 Å². The molecular formula is C23H27N5O3. The maximum atomic E-state index is 12.1. The molecule has 8 nitrogen and oxygen atoms in total. The molecule has 1 aliphatic carbocycles. The van der Waals surface area contributed by atoms with Gasteiger partial charge < -0.3 is 20.1 Å². The van der Waals surface area contributed by atoms with E-state index in [0.29, 0.717) is 35.8 Å². The minimum Gasteiger partial charge on any atom is -0.481 e. The Morgan fingerprint density at radius 2 is 2.10 bits per heavy atom. The van der Waals surface area contributed by atoms with Gasteiger partial charge in [-0.3, -0.25) is 4.79 Å². The summed E-state index contributed by atoms with van der Waals surface area (Å²) in [5.41, 5.74) is 1.06. The minimum atomic E-state index is -0.865. The fourth-order valence-corrected chi connectivity index (χ4v) is 4.45. The summed E-state index contributed by atoms with van der Waals surface area (Å²) in [5, 5.41) is 22.2. The van der Waals surface area contributed by atoms with E-state index < -0.39 is 11.4 Å². The second kappa shape index (κ2) is 8.90. The minimum absolute atomic E-state index is 0.309. The molecule has 0 spiro atoms. The van der Waals surface area contributed by atoms with Gasteiger partial charge in [0.05, 0.1) is 16.7 Å². The van der Waals surface area contributed by atoms with Crippen molar-refractivity contribution in [3.8, 4) is 6.07 Å². The van der Waals surface area contributed by atoms with Crippen molar-refractivity contribution in [2.75, 3.05) is 30.0 Å². The number of carboxylic acids is 1. The number of aromatic nitrogens is 2. The second-order valence-corrected chi connectivity index (χ2v) is 8.13. The maximum Gasteiger partial charge on any atom is 0.314 e. The molecular weight excluding hydrogens is 394 g/mol. The van der Waals surface area contributed by atoms with E-state index >= 15 is 0 Å². The van der Waals surface area contributed by atoms with E-state index in [-0.39, 0.29) is 0 Å². The lowest BCUT2D eigenvalue weighted by atomic mass is 9.65. The molecule has 2 fully saturated rings. The van der Waals surface area contributed by atoms with Crippen molar-refractivity contribution in [1.29, 1.82) is 5.26 Å². The summed E-state index contributed by atoms with van der Waals surface area (Å²) in [6, 6.07) is 7.74. The Hall–Kier alpha value is -3.18. The van der Waals surface area contributed by atoms with Gasteiger partial charge >= 0.3 is 5.97 Å². The number of nitrogens with zero attached hydrogens (tertiary/aromatic N) is 4. The predicted molar refractivity (Wildman–Crippen MR) is 116 cm³/mol. The maximum absolute atomic E-state index is 12.1. The van der Waals surface area contributed by atoms with Gasteiger partial charge in [-0.25, -0.2) is 9.97 Å². The predicted octanol–water partition coefficient (Wildman–Crippen LogP) is 3.60. The third-order valence-electron chi connectivity index (χ3n) is 6.44. The van der Waals surface area contributed by atoms with E-state index in [9.17, 15) is 9.90 Å². The molecule has 0 aromatic carbocycles. The number of ether oxygens (including phenoxy) is 1. The van der Waals surface area contributed by atoms with Crippen molar-refractivity contribution >= 4 is 23.3 Å². The molecule has 1 saturated carbocycles. The fourth-order valence-electron chi connectivity index (χ4n) is 4.45. The average molecular weight is 422 g/mol. The molecule has 0 atom stereocenters. The zero-order valence-corrected chi connectivity index (χ0v) is 17.7. The van der Waals surface area contributed by atoms with Crippen molar-refractivity contribution < 1.29 is 14.6 Å². The van der Waals surface area contributed by atoms with Crippen LogP contribution in [0, 0.1) is 11.3 Å². The first-order chi connectivity index (χ1) is 15.1. The lowest BCUT2D eigenvalue weighted by molar-refractivity contribution is -0.147. The molecule has 0 unspecified atom stereocenters. The molecule has 1 saturated heterocycles. The summed E-state index contributed by atoms with van der Waals surface area (Å²) >= 11 is 0. The van der Waals surface area contributed by atoms with Gasteiger partial charge in [0, 0.05) is 38.2 Å². The van der Waals surface area contributed by atoms with Gasteiger partial charge in [-0.05, 0) is 56.4 Å². The standard InChI is InChI=1S/C23H27N5O3/c1-2-28(18-6-10-31-11-7-18)21-19(27-20-5-4-16(13-24)14-25-20)12-17(15-26-21)23(22(29)30)8-3-9-23/h4-5,12,14-15,18H,2-3,6-11H2,1H3,(H,25,27)(H,29,30). The number of aliphatic carboxylic acids is 1. The van der Waals surface area contributed by atoms with E-state index in [2.05, 4.69) is 28.2 Å². The van der Waals surface area contributed by atoms with Gasteiger partial charge in [-0.2, -0.15) is 5.26 Å². The molecule has 2 aromatic rings. The molecule has 8 heteroatoms. The number of carboxylic acid groups (broad SMARTS) is 1. The van der Waals surface area contributed by atoms with Crippen LogP contribution in [0.15, 0.2) is 30.6 Å². The number of nitrogens with one attached hydrogen (secondary N) is 1. The van der Waals surface area contributed by atoms with Crippen molar-refractivity contribution in [1.82, 2.24) is 9.97 Å². The van der Waals surface area contributed by atoms with Crippen LogP contribution < -0.4 is 10.2 Å². The zero-order valence-electron chi connectivity index (χ0n) is 17.7. The number of carbonyl (C=O) groups is 1. The Kier molecular flexibility index (Phi) is 6.05. The summed E-state index contributed by atoms with van der Waals surface area (Å²) in [4.78, 5) is 23.4. The normalized spacial score (nSPS) is 17.9. The first-order valence-electron chi connectivity index (χ1n) is 10.8. The summed E-state index contributed by atoms with van der Waals surface area (Å²) in [6.45, 7) is 4.32. The van der Waals surface area contributed by atoms with Crippen LogP contribution >= 0.6 is 0 Å². The molecule has 0 amide bonds. The van der Waals surface area contributed by atoms with E-state index in [0.717, 1.165) is 50.5 Å². The lowest BCUT2D eigenvalue weighted by Crippen LogP contribution is -2.43. The molecule has 2 aliphatic rings. The molecule has 3 heterocycles. The largest absolute Gasteiger partial charge is 0.481 e. The lowest BCUT2D eigenvalue weighted by Gasteiger charge is -2.39. The first kappa shape index (κ1) is 21.1. The molecule has 2 N–H and O–H groups in total. The fraction of sp³-hybridized carbons (Fsp3) is 0.478. The average Bonchev–Trinajstić information content (AvgIpc) is 2.76. The highest BCUT2D eigenvalue weighted by molar-refractivity contribution is 5.84. The number of nitriles is 1. The summed E-state index contributed by atoms with van der Waals surface area (Å²) < 4.78 is 5.53. The van der Waals surface area contributed by atoms with Crippen LogP contribution in [0.5, 0.6) is 0 Å². The third-order valence-corrected chi connectivity index (χ3v) is 6.44. The Bertz CT molecular complexity index is 976. The Morgan fingerprint density at radius 3 is 2.65 bits per heavy atom. The van der Waals surface area contributed by atoms with Crippen LogP contribution in [0.3, 0.4) is 0 Å². The van der Waals surface area contributed by atoms with Crippen molar-refractivity contribution in [3.63, 3.8) is 0 Å². The first-order valence-corrected chi connectivity index (χ1v) is 10.8. The molecule has 162 valence electrons. The highest BCUT2D eigenvalue weighted by atomic mass is 16.5. The van der Waals surface area contributed by atoms with E-state index in [1.807, 2.05) is 6.07 Å². The van der Waals surface area contributed by atoms with Gasteiger partial charge in [-0.15, -0.1) is 0 Å². The molecule has 31 heavy (non-hydrogen) atoms. The zero-order chi connectivity index (χ0) is 21.8. The Balaban J connectivity index is 1.73. The van der Waals surface area contributed by atoms with E-state index in [4.69, 9.17) is 15.0 Å². The van der Waals surface area contributed by atoms with Gasteiger partial charge in [-0.1, -0.05) is 6.42 Å². The van der Waals surface area contributed by atoms with Gasteiger partial charge in [0.15, 0.2) is 5.82 Å². The van der Waals surface area contributed by atoms with Crippen LogP contribution in [-0.4, -0.2) is 46.8 Å². The quantitative estimate of drug-likeness (QED) is 0.697. The molecule has 2 aromatic heterocycles. The SMILES string of the molecule is CCN(c1ncc(C2(C(=O)O)CCC2)cc1Nc1ccc(C#N)cn1)C1CCOCC1. The number of hydrogen-bond acceptors (Lipinski definition) is 7. The molecule has 0 bridgehead atoms. The molecule has 4 rings (SSSR count). The number of rotatable bonds is 7. The highest BCUT2D eigenvalue weighted by Crippen LogP contribution is 2.45. The molecule has 1 aliphatic heterocycles. The van der Waals surface area contributed by atoms with Crippen LogP contribution in [0.1, 0.15) is 50.2 Å². The Labute approximate surface area is 181 Å². The third kappa shape index (κ3) is 4.06. The topological polar surface area (TPSA) is 111 Å². The highest BCUT2D eigenvalue weighted by Gasteiger charge is 2.46. The Morgan fingerprint density at radius 1 is 1.32 bits per heavy atom. The summed E-state index contributed by atoms with van der Waals surface area (Å²) in [7, 11) is 0. The monoisotopic (exact) mass is 421 g/mol. The van der Waals surface area contributed by atoms with E-state index in [1.54, 1.807) is 18.3 Å². The van der Waals surface area contributed by atoms with Gasteiger partial charge in [0.2, 0.25) is 0 Å². The van der Waals surface area contributed by atoms with Crippen LogP contribution in [0.25, 0.3) is 0 Å². The van der Waals surface area contributed by atoms with Crippen molar-refractivity contribution in [2.45, 2.75) is 50.5 Å². The second-order valence-electron chi connectivity index (χ2n) is 8.13. The molecule has 0 radical (unpaired) electrons. The van der Waals surface area contributed by atoms with Gasteiger partial charge in [0.25, 0.3) is 0 Å². The van der Waals surface area contributed by atoms with Crippen molar-refractivity contribution in [3.05, 3.63) is 41.7 Å². The van der Waals surface area contributed by atoms with Gasteiger partial charge in [0.1, 0.15) is 11.9 Å². The van der Waals surface area contributed by atoms with E-state index in [1.165, 1.54) is 6.20 Å².